The first-order valence-electron chi connectivity index (χ1n) is 3.71. The van der Waals surface area contributed by atoms with Crippen LogP contribution in [-0.4, -0.2) is 9.97 Å². The van der Waals surface area contributed by atoms with Gasteiger partial charge in [-0.3, -0.25) is 4.98 Å². The van der Waals surface area contributed by atoms with Gasteiger partial charge in [-0.15, -0.1) is 22.7 Å². The van der Waals surface area contributed by atoms with Crippen LogP contribution in [0.3, 0.4) is 0 Å². The molecule has 0 aliphatic heterocycles. The maximum absolute atomic E-state index is 4.22. The molecule has 0 radical (unpaired) electrons. The van der Waals surface area contributed by atoms with Crippen LogP contribution in [-0.2, 0) is 12.8 Å². The Balaban J connectivity index is 1.91. The van der Waals surface area contributed by atoms with Crippen LogP contribution in [0.4, 0.5) is 0 Å². The molecule has 0 N–H and O–H groups in total. The van der Waals surface area contributed by atoms with E-state index in [4.69, 9.17) is 0 Å². The normalized spacial score (nSPS) is 10.3. The van der Waals surface area contributed by atoms with Crippen LogP contribution in [0.15, 0.2) is 23.3 Å². The van der Waals surface area contributed by atoms with Crippen molar-refractivity contribution in [1.82, 2.24) is 9.97 Å². The van der Waals surface area contributed by atoms with E-state index >= 15 is 0 Å². The second kappa shape index (κ2) is 3.78. The van der Waals surface area contributed by atoms with Gasteiger partial charge in [0.1, 0.15) is 0 Å². The van der Waals surface area contributed by atoms with E-state index in [1.807, 2.05) is 23.3 Å². The molecule has 0 fully saturated rings. The Morgan fingerprint density at radius 2 is 2.25 bits per heavy atom. The van der Waals surface area contributed by atoms with Crippen molar-refractivity contribution in [2.24, 2.45) is 0 Å². The van der Waals surface area contributed by atoms with Gasteiger partial charge in [-0.1, -0.05) is 0 Å². The van der Waals surface area contributed by atoms with Gasteiger partial charge >= 0.3 is 0 Å². The fraction of sp³-hybridized carbons (Fsp3) is 0.250. The number of nitrogens with zero attached hydrogens (tertiary/aromatic N) is 2. The minimum atomic E-state index is 1.04. The SMILES string of the molecule is c1csc(CCc2cncs2)n1. The second-order valence-corrected chi connectivity index (χ2v) is 4.34. The van der Waals surface area contributed by atoms with Gasteiger partial charge in [-0.05, 0) is 6.42 Å². The number of rotatable bonds is 3. The zero-order valence-electron chi connectivity index (χ0n) is 6.43. The van der Waals surface area contributed by atoms with E-state index in [2.05, 4.69) is 9.97 Å². The first kappa shape index (κ1) is 7.89. The van der Waals surface area contributed by atoms with Crippen molar-refractivity contribution in [3.8, 4) is 0 Å². The van der Waals surface area contributed by atoms with Crippen LogP contribution in [0.1, 0.15) is 9.88 Å². The molecule has 0 aliphatic rings. The molecule has 0 bridgehead atoms. The van der Waals surface area contributed by atoms with Crippen molar-refractivity contribution in [2.45, 2.75) is 12.8 Å². The highest BCUT2D eigenvalue weighted by Gasteiger charge is 1.98. The predicted octanol–water partition coefficient (Wildman–Crippen LogP) is 2.38. The molecule has 0 unspecified atom stereocenters. The van der Waals surface area contributed by atoms with Crippen LogP contribution in [0, 0.1) is 0 Å². The lowest BCUT2D eigenvalue weighted by Gasteiger charge is -1.91. The average molecular weight is 196 g/mol. The third-order valence-electron chi connectivity index (χ3n) is 1.55. The summed E-state index contributed by atoms with van der Waals surface area (Å²) in [4.78, 5) is 9.58. The minimum absolute atomic E-state index is 1.04. The third-order valence-corrected chi connectivity index (χ3v) is 3.23. The number of aryl methyl sites for hydroxylation is 2. The van der Waals surface area contributed by atoms with Crippen LogP contribution in [0.5, 0.6) is 0 Å². The largest absolute Gasteiger partial charge is 0.253 e. The highest BCUT2D eigenvalue weighted by atomic mass is 32.1. The van der Waals surface area contributed by atoms with Crippen molar-refractivity contribution in [1.29, 1.82) is 0 Å². The Morgan fingerprint density at radius 1 is 1.25 bits per heavy atom. The molecule has 2 nitrogen and oxygen atoms in total. The molecule has 0 aliphatic carbocycles. The second-order valence-electron chi connectivity index (χ2n) is 2.39. The Morgan fingerprint density at radius 3 is 2.92 bits per heavy atom. The summed E-state index contributed by atoms with van der Waals surface area (Å²) in [6.45, 7) is 0. The average Bonchev–Trinajstić information content (AvgIpc) is 2.74. The molecular formula is C8H8N2S2. The molecule has 12 heavy (non-hydrogen) atoms. The highest BCUT2D eigenvalue weighted by Crippen LogP contribution is 2.11. The molecular weight excluding hydrogens is 188 g/mol. The summed E-state index contributed by atoms with van der Waals surface area (Å²) in [6.07, 6.45) is 5.89. The first-order valence-corrected chi connectivity index (χ1v) is 5.47. The molecule has 4 heteroatoms. The number of thiazole rings is 2. The number of aromatic nitrogens is 2. The molecule has 62 valence electrons. The van der Waals surface area contributed by atoms with Crippen LogP contribution in [0.25, 0.3) is 0 Å². The summed E-state index contributed by atoms with van der Waals surface area (Å²) in [6, 6.07) is 0. The van der Waals surface area contributed by atoms with E-state index in [9.17, 15) is 0 Å². The van der Waals surface area contributed by atoms with Crippen LogP contribution in [0.2, 0.25) is 0 Å². The molecule has 0 spiro atoms. The van der Waals surface area contributed by atoms with Crippen molar-refractivity contribution < 1.29 is 0 Å². The summed E-state index contributed by atoms with van der Waals surface area (Å²) in [5, 5.41) is 3.23. The van der Waals surface area contributed by atoms with E-state index in [-0.39, 0.29) is 0 Å². The first-order chi connectivity index (χ1) is 5.95. The topological polar surface area (TPSA) is 25.8 Å². The predicted molar refractivity (Wildman–Crippen MR) is 51.6 cm³/mol. The quantitative estimate of drug-likeness (QED) is 0.753. The number of hydrogen-bond donors (Lipinski definition) is 0. The zero-order valence-corrected chi connectivity index (χ0v) is 8.07. The lowest BCUT2D eigenvalue weighted by Crippen LogP contribution is -1.86. The maximum atomic E-state index is 4.22. The Hall–Kier alpha value is -0.740. The number of hydrogen-bond acceptors (Lipinski definition) is 4. The fourth-order valence-electron chi connectivity index (χ4n) is 0.972. The van der Waals surface area contributed by atoms with Crippen LogP contribution >= 0.6 is 22.7 Å². The van der Waals surface area contributed by atoms with E-state index in [1.54, 1.807) is 22.7 Å². The summed E-state index contributed by atoms with van der Waals surface area (Å²) in [5.74, 6) is 0. The standard InChI is InChI=1S/C8H8N2S2/c1(7-5-9-6-12-7)2-8-10-3-4-11-8/h3-6H,1-2H2. The molecule has 0 amide bonds. The van der Waals surface area contributed by atoms with E-state index in [0.29, 0.717) is 0 Å². The van der Waals surface area contributed by atoms with E-state index in [0.717, 1.165) is 12.8 Å². The van der Waals surface area contributed by atoms with Gasteiger partial charge in [0, 0.05) is 29.1 Å². The van der Waals surface area contributed by atoms with Crippen molar-refractivity contribution in [2.75, 3.05) is 0 Å². The summed E-state index contributed by atoms with van der Waals surface area (Å²) < 4.78 is 0. The molecule has 0 saturated heterocycles. The maximum Gasteiger partial charge on any atom is 0.0928 e. The fourth-order valence-corrected chi connectivity index (χ4v) is 2.19. The van der Waals surface area contributed by atoms with Gasteiger partial charge in [0.05, 0.1) is 10.5 Å². The highest BCUT2D eigenvalue weighted by molar-refractivity contribution is 7.10. The van der Waals surface area contributed by atoms with Gasteiger partial charge < -0.3 is 0 Å². The van der Waals surface area contributed by atoms with Crippen LogP contribution < -0.4 is 0 Å². The van der Waals surface area contributed by atoms with Crippen molar-refractivity contribution in [3.63, 3.8) is 0 Å². The third kappa shape index (κ3) is 1.89. The Kier molecular flexibility index (Phi) is 2.48. The monoisotopic (exact) mass is 196 g/mol. The lowest BCUT2D eigenvalue weighted by molar-refractivity contribution is 0.958. The van der Waals surface area contributed by atoms with Gasteiger partial charge in [0.25, 0.3) is 0 Å². The van der Waals surface area contributed by atoms with Crippen molar-refractivity contribution >= 4 is 22.7 Å². The molecule has 0 aromatic carbocycles. The Bertz CT molecular complexity index is 278. The molecule has 2 rings (SSSR count). The van der Waals surface area contributed by atoms with Gasteiger partial charge in [0.15, 0.2) is 0 Å². The lowest BCUT2D eigenvalue weighted by atomic mass is 10.3. The zero-order chi connectivity index (χ0) is 8.23. The molecule has 2 aromatic heterocycles. The van der Waals surface area contributed by atoms with Gasteiger partial charge in [-0.2, -0.15) is 0 Å². The van der Waals surface area contributed by atoms with E-state index < -0.39 is 0 Å². The minimum Gasteiger partial charge on any atom is -0.253 e. The molecule has 0 saturated carbocycles. The molecule has 2 aromatic rings. The summed E-state index contributed by atoms with van der Waals surface area (Å²) in [7, 11) is 0. The van der Waals surface area contributed by atoms with Gasteiger partial charge in [0.2, 0.25) is 0 Å². The smallest absolute Gasteiger partial charge is 0.0928 e. The Labute approximate surface area is 78.9 Å². The van der Waals surface area contributed by atoms with Crippen molar-refractivity contribution in [3.05, 3.63) is 33.2 Å². The molecule has 2 heterocycles. The van der Waals surface area contributed by atoms with Gasteiger partial charge in [-0.25, -0.2) is 4.98 Å². The van der Waals surface area contributed by atoms with E-state index in [1.165, 1.54) is 9.88 Å². The molecule has 0 atom stereocenters. The summed E-state index contributed by atoms with van der Waals surface area (Å²) >= 11 is 3.43. The summed E-state index contributed by atoms with van der Waals surface area (Å²) in [5.41, 5.74) is 1.87.